The van der Waals surface area contributed by atoms with E-state index < -0.39 is 5.60 Å². The van der Waals surface area contributed by atoms with Crippen molar-refractivity contribution in [2.45, 2.75) is 44.2 Å². The zero-order valence-electron chi connectivity index (χ0n) is 14.1. The molecular formula is C21H26FNO. The highest BCUT2D eigenvalue weighted by Crippen LogP contribution is 2.27. The van der Waals surface area contributed by atoms with E-state index in [0.717, 1.165) is 57.3 Å². The summed E-state index contributed by atoms with van der Waals surface area (Å²) < 4.78 is 13.2. The highest BCUT2D eigenvalue weighted by molar-refractivity contribution is 5.16. The Labute approximate surface area is 143 Å². The minimum Gasteiger partial charge on any atom is -0.389 e. The number of aliphatic hydroxyl groups is 1. The lowest BCUT2D eigenvalue weighted by Crippen LogP contribution is -2.47. The van der Waals surface area contributed by atoms with Crippen LogP contribution in [0.5, 0.6) is 0 Å². The molecule has 128 valence electrons. The van der Waals surface area contributed by atoms with Gasteiger partial charge in [0.05, 0.1) is 5.60 Å². The van der Waals surface area contributed by atoms with E-state index in [1.54, 1.807) is 12.1 Å². The van der Waals surface area contributed by atoms with Crippen molar-refractivity contribution < 1.29 is 9.50 Å². The predicted molar refractivity (Wildman–Crippen MR) is 95.2 cm³/mol. The standard InChI is InChI=1S/C21H26FNO/c22-20-11-4-9-18(15-20)10-5-12-21(24)13-6-14-23(17-21)16-19-7-2-1-3-8-19/h1-4,7-9,11,15,24H,5-6,10,12-14,16-17H2. The van der Waals surface area contributed by atoms with Gasteiger partial charge in [0.15, 0.2) is 0 Å². The molecule has 2 aromatic carbocycles. The monoisotopic (exact) mass is 327 g/mol. The first kappa shape index (κ1) is 17.1. The van der Waals surface area contributed by atoms with Crippen LogP contribution in [-0.2, 0) is 13.0 Å². The quantitative estimate of drug-likeness (QED) is 0.860. The van der Waals surface area contributed by atoms with Crippen LogP contribution in [0.15, 0.2) is 54.6 Å². The van der Waals surface area contributed by atoms with Gasteiger partial charge in [-0.3, -0.25) is 4.90 Å². The van der Waals surface area contributed by atoms with Gasteiger partial charge in [0.25, 0.3) is 0 Å². The van der Waals surface area contributed by atoms with Gasteiger partial charge in [-0.15, -0.1) is 0 Å². The van der Waals surface area contributed by atoms with Gasteiger partial charge in [-0.1, -0.05) is 42.5 Å². The molecule has 0 amide bonds. The van der Waals surface area contributed by atoms with Gasteiger partial charge >= 0.3 is 0 Å². The molecule has 3 heteroatoms. The van der Waals surface area contributed by atoms with Crippen molar-refractivity contribution in [1.29, 1.82) is 0 Å². The van der Waals surface area contributed by atoms with E-state index in [2.05, 4.69) is 29.2 Å². The topological polar surface area (TPSA) is 23.5 Å². The Bertz CT molecular complexity index is 645. The van der Waals surface area contributed by atoms with Crippen molar-refractivity contribution in [2.24, 2.45) is 0 Å². The van der Waals surface area contributed by atoms with Gasteiger partial charge < -0.3 is 5.11 Å². The molecule has 0 saturated carbocycles. The Balaban J connectivity index is 1.50. The van der Waals surface area contributed by atoms with E-state index >= 15 is 0 Å². The third-order valence-corrected chi connectivity index (χ3v) is 4.88. The lowest BCUT2D eigenvalue weighted by atomic mass is 9.87. The highest BCUT2D eigenvalue weighted by atomic mass is 19.1. The Morgan fingerprint density at radius 3 is 2.62 bits per heavy atom. The fraction of sp³-hybridized carbons (Fsp3) is 0.429. The van der Waals surface area contributed by atoms with Gasteiger partial charge in [0.2, 0.25) is 0 Å². The molecule has 1 aliphatic heterocycles. The van der Waals surface area contributed by atoms with E-state index in [0.29, 0.717) is 0 Å². The number of benzene rings is 2. The number of aryl methyl sites for hydroxylation is 1. The molecule has 1 atom stereocenters. The Hall–Kier alpha value is -1.71. The molecule has 2 nitrogen and oxygen atoms in total. The molecule has 1 heterocycles. The Morgan fingerprint density at radius 1 is 1.04 bits per heavy atom. The molecule has 0 bridgehead atoms. The summed E-state index contributed by atoms with van der Waals surface area (Å²) in [7, 11) is 0. The van der Waals surface area contributed by atoms with Crippen LogP contribution in [0.1, 0.15) is 36.8 Å². The normalized spacial score (nSPS) is 21.8. The first-order valence-corrected chi connectivity index (χ1v) is 8.86. The second kappa shape index (κ2) is 7.91. The van der Waals surface area contributed by atoms with Crippen LogP contribution in [0.4, 0.5) is 4.39 Å². The lowest BCUT2D eigenvalue weighted by Gasteiger charge is -2.39. The molecule has 24 heavy (non-hydrogen) atoms. The van der Waals surface area contributed by atoms with Crippen LogP contribution in [0.3, 0.4) is 0 Å². The fourth-order valence-electron chi connectivity index (χ4n) is 3.70. The van der Waals surface area contributed by atoms with Crippen LogP contribution in [-0.4, -0.2) is 28.7 Å². The Morgan fingerprint density at radius 2 is 1.83 bits per heavy atom. The van der Waals surface area contributed by atoms with Gasteiger partial charge in [-0.25, -0.2) is 4.39 Å². The first-order valence-electron chi connectivity index (χ1n) is 8.86. The van der Waals surface area contributed by atoms with Gasteiger partial charge in [-0.05, 0) is 61.9 Å². The first-order chi connectivity index (χ1) is 11.6. The average molecular weight is 327 g/mol. The summed E-state index contributed by atoms with van der Waals surface area (Å²) in [4.78, 5) is 2.35. The van der Waals surface area contributed by atoms with Crippen molar-refractivity contribution in [2.75, 3.05) is 13.1 Å². The molecule has 3 rings (SSSR count). The van der Waals surface area contributed by atoms with E-state index in [4.69, 9.17) is 0 Å². The lowest BCUT2D eigenvalue weighted by molar-refractivity contribution is -0.0404. The van der Waals surface area contributed by atoms with E-state index in [1.165, 1.54) is 11.6 Å². The number of rotatable bonds is 6. The molecule has 1 unspecified atom stereocenters. The van der Waals surface area contributed by atoms with Crippen LogP contribution in [0, 0.1) is 5.82 Å². The fourth-order valence-corrected chi connectivity index (χ4v) is 3.70. The maximum atomic E-state index is 13.2. The number of halogens is 1. The van der Waals surface area contributed by atoms with Crippen molar-refractivity contribution in [3.63, 3.8) is 0 Å². The SMILES string of the molecule is OC1(CCCc2cccc(F)c2)CCCN(Cc2ccccc2)C1. The summed E-state index contributed by atoms with van der Waals surface area (Å²) in [5.74, 6) is -0.182. The van der Waals surface area contributed by atoms with Crippen LogP contribution in [0.25, 0.3) is 0 Å². The minimum atomic E-state index is -0.611. The molecule has 2 aromatic rings. The third-order valence-electron chi connectivity index (χ3n) is 4.88. The zero-order valence-corrected chi connectivity index (χ0v) is 14.1. The summed E-state index contributed by atoms with van der Waals surface area (Å²) in [5, 5.41) is 10.9. The molecule has 0 spiro atoms. The molecule has 1 fully saturated rings. The summed E-state index contributed by atoms with van der Waals surface area (Å²) in [6.07, 6.45) is 4.37. The molecule has 0 aliphatic carbocycles. The van der Waals surface area contributed by atoms with Crippen LogP contribution >= 0.6 is 0 Å². The van der Waals surface area contributed by atoms with Crippen LogP contribution in [0.2, 0.25) is 0 Å². The highest BCUT2D eigenvalue weighted by Gasteiger charge is 2.32. The second-order valence-electron chi connectivity index (χ2n) is 7.01. The molecule has 0 aromatic heterocycles. The van der Waals surface area contributed by atoms with Crippen LogP contribution < -0.4 is 0 Å². The molecule has 1 N–H and O–H groups in total. The number of hydrogen-bond donors (Lipinski definition) is 1. The maximum absolute atomic E-state index is 13.2. The van der Waals surface area contributed by atoms with E-state index in [-0.39, 0.29) is 5.82 Å². The number of piperidine rings is 1. The van der Waals surface area contributed by atoms with Gasteiger partial charge in [0, 0.05) is 13.1 Å². The number of β-amino-alcohol motifs (C(OH)–C–C–N with tert-alkyl or cyclic N) is 1. The molecule has 1 aliphatic rings. The summed E-state index contributed by atoms with van der Waals surface area (Å²) in [5.41, 5.74) is 1.69. The third kappa shape index (κ3) is 4.89. The minimum absolute atomic E-state index is 0.182. The maximum Gasteiger partial charge on any atom is 0.123 e. The predicted octanol–water partition coefficient (Wildman–Crippen LogP) is 4.18. The Kier molecular flexibility index (Phi) is 5.64. The summed E-state index contributed by atoms with van der Waals surface area (Å²) in [6.45, 7) is 2.67. The van der Waals surface area contributed by atoms with Gasteiger partial charge in [-0.2, -0.15) is 0 Å². The molecular weight excluding hydrogens is 301 g/mol. The zero-order chi connectivity index (χ0) is 16.8. The molecule has 1 saturated heterocycles. The van der Waals surface area contributed by atoms with Crippen molar-refractivity contribution in [3.05, 3.63) is 71.5 Å². The van der Waals surface area contributed by atoms with Crippen molar-refractivity contribution in [1.82, 2.24) is 4.90 Å². The van der Waals surface area contributed by atoms with Crippen molar-refractivity contribution >= 4 is 0 Å². The van der Waals surface area contributed by atoms with Gasteiger partial charge in [0.1, 0.15) is 5.82 Å². The second-order valence-corrected chi connectivity index (χ2v) is 7.01. The smallest absolute Gasteiger partial charge is 0.123 e. The van der Waals surface area contributed by atoms with E-state index in [1.807, 2.05) is 12.1 Å². The average Bonchev–Trinajstić information content (AvgIpc) is 2.56. The largest absolute Gasteiger partial charge is 0.389 e. The summed E-state index contributed by atoms with van der Waals surface area (Å²) >= 11 is 0. The van der Waals surface area contributed by atoms with E-state index in [9.17, 15) is 9.50 Å². The van der Waals surface area contributed by atoms with Crippen molar-refractivity contribution in [3.8, 4) is 0 Å². The molecule has 0 radical (unpaired) electrons. The number of hydrogen-bond acceptors (Lipinski definition) is 2. The number of nitrogens with zero attached hydrogens (tertiary/aromatic N) is 1. The number of likely N-dealkylation sites (tertiary alicyclic amines) is 1. The summed E-state index contributed by atoms with van der Waals surface area (Å²) in [6, 6.07) is 17.2.